The number of anilines is 2. The first-order valence-corrected chi connectivity index (χ1v) is 5.05. The van der Waals surface area contributed by atoms with Crippen LogP contribution in [-0.4, -0.2) is 23.2 Å². The molecule has 2 N–H and O–H groups in total. The Hall–Kier alpha value is -1.91. The second-order valence-corrected chi connectivity index (χ2v) is 4.19. The van der Waals surface area contributed by atoms with Gasteiger partial charge in [-0.25, -0.2) is 4.79 Å². The number of benzene rings is 1. The molecular weight excluding hydrogens is 204 g/mol. The van der Waals surface area contributed by atoms with Gasteiger partial charge in [-0.15, -0.1) is 0 Å². The third kappa shape index (κ3) is 1.28. The topological polar surface area (TPSA) is 56.2 Å². The average Bonchev–Trinajstić information content (AvgIpc) is 2.43. The number of nitrogen functional groups attached to an aromatic ring is 1. The molecule has 1 aromatic carbocycles. The number of nitrogens with two attached hydrogens (primary N) is 1. The molecule has 0 bridgehead atoms. The van der Waals surface area contributed by atoms with Crippen LogP contribution in [0.2, 0.25) is 0 Å². The van der Waals surface area contributed by atoms with E-state index in [4.69, 9.17) is 5.73 Å². The number of aromatic nitrogens is 2. The summed E-state index contributed by atoms with van der Waals surface area (Å²) in [5.41, 5.74) is 9.27. The molecule has 0 spiro atoms. The molecule has 0 atom stereocenters. The molecule has 0 fully saturated rings. The van der Waals surface area contributed by atoms with Crippen molar-refractivity contribution in [3.05, 3.63) is 22.6 Å². The number of hydrogen-bond donors (Lipinski definition) is 1. The Labute approximate surface area is 93.7 Å². The summed E-state index contributed by atoms with van der Waals surface area (Å²) in [6.45, 7) is 0. The fraction of sp³-hybridized carbons (Fsp3) is 0.364. The first-order valence-electron chi connectivity index (χ1n) is 5.05. The first kappa shape index (κ1) is 10.6. The molecule has 86 valence electrons. The summed E-state index contributed by atoms with van der Waals surface area (Å²) in [6.07, 6.45) is 0. The minimum Gasteiger partial charge on any atom is -0.397 e. The van der Waals surface area contributed by atoms with E-state index >= 15 is 0 Å². The van der Waals surface area contributed by atoms with Crippen molar-refractivity contribution >= 4 is 22.4 Å². The summed E-state index contributed by atoms with van der Waals surface area (Å²) in [5.74, 6) is 0. The molecular formula is C11H16N4O. The molecule has 5 heteroatoms. The summed E-state index contributed by atoms with van der Waals surface area (Å²) >= 11 is 0. The Morgan fingerprint density at radius 3 is 2.12 bits per heavy atom. The third-order valence-electron chi connectivity index (χ3n) is 2.90. The van der Waals surface area contributed by atoms with Gasteiger partial charge in [-0.05, 0) is 12.1 Å². The number of rotatable bonds is 1. The summed E-state index contributed by atoms with van der Waals surface area (Å²) in [6, 6.07) is 3.78. The average molecular weight is 220 g/mol. The van der Waals surface area contributed by atoms with Gasteiger partial charge in [0.1, 0.15) is 0 Å². The van der Waals surface area contributed by atoms with Gasteiger partial charge in [-0.1, -0.05) is 0 Å². The van der Waals surface area contributed by atoms with E-state index in [0.717, 1.165) is 16.7 Å². The summed E-state index contributed by atoms with van der Waals surface area (Å²) in [4.78, 5) is 13.7. The zero-order chi connectivity index (χ0) is 12.0. The largest absolute Gasteiger partial charge is 0.397 e. The fourth-order valence-corrected chi connectivity index (χ4v) is 1.94. The zero-order valence-electron chi connectivity index (χ0n) is 9.98. The predicted octanol–water partition coefficient (Wildman–Crippen LogP) is 0.525. The Morgan fingerprint density at radius 1 is 1.12 bits per heavy atom. The van der Waals surface area contributed by atoms with E-state index < -0.39 is 0 Å². The van der Waals surface area contributed by atoms with E-state index in [1.165, 1.54) is 0 Å². The molecule has 2 rings (SSSR count). The minimum absolute atomic E-state index is 0.0368. The molecule has 0 saturated heterocycles. The van der Waals surface area contributed by atoms with Gasteiger partial charge < -0.3 is 10.6 Å². The van der Waals surface area contributed by atoms with Crippen molar-refractivity contribution in [2.24, 2.45) is 14.1 Å². The highest BCUT2D eigenvalue weighted by molar-refractivity contribution is 5.87. The SMILES string of the molecule is CN(C)c1cc2c(cc1N)n(C)c(=O)n2C. The van der Waals surface area contributed by atoms with E-state index in [9.17, 15) is 4.79 Å². The number of nitrogens with zero attached hydrogens (tertiary/aromatic N) is 3. The van der Waals surface area contributed by atoms with Gasteiger partial charge in [-0.3, -0.25) is 9.13 Å². The lowest BCUT2D eigenvalue weighted by molar-refractivity contribution is 0.795. The lowest BCUT2D eigenvalue weighted by atomic mass is 10.2. The summed E-state index contributed by atoms with van der Waals surface area (Å²) < 4.78 is 3.23. The van der Waals surface area contributed by atoms with Crippen LogP contribution in [0.5, 0.6) is 0 Å². The normalized spacial score (nSPS) is 11.0. The van der Waals surface area contributed by atoms with Gasteiger partial charge in [0.2, 0.25) is 0 Å². The molecule has 2 aromatic rings. The number of hydrogen-bond acceptors (Lipinski definition) is 3. The molecule has 0 aliphatic carbocycles. The van der Waals surface area contributed by atoms with Crippen molar-refractivity contribution < 1.29 is 0 Å². The molecule has 1 aromatic heterocycles. The van der Waals surface area contributed by atoms with Crippen LogP contribution in [0.15, 0.2) is 16.9 Å². The highest BCUT2D eigenvalue weighted by Crippen LogP contribution is 2.26. The molecule has 0 unspecified atom stereocenters. The lowest BCUT2D eigenvalue weighted by Crippen LogP contribution is -2.19. The van der Waals surface area contributed by atoms with Crippen LogP contribution >= 0.6 is 0 Å². The number of aryl methyl sites for hydroxylation is 2. The van der Waals surface area contributed by atoms with Crippen molar-refractivity contribution in [1.29, 1.82) is 0 Å². The minimum atomic E-state index is -0.0368. The Kier molecular flexibility index (Phi) is 2.18. The maximum atomic E-state index is 11.8. The van der Waals surface area contributed by atoms with Crippen LogP contribution in [0.3, 0.4) is 0 Å². The standard InChI is InChI=1S/C11H16N4O/c1-13(2)8-6-10-9(5-7(8)12)14(3)11(16)15(10)4/h5-6H,12H2,1-4H3. The van der Waals surface area contributed by atoms with E-state index in [1.807, 2.05) is 31.1 Å². The summed E-state index contributed by atoms with van der Waals surface area (Å²) in [5, 5.41) is 0. The van der Waals surface area contributed by atoms with Crippen LogP contribution in [0, 0.1) is 0 Å². The van der Waals surface area contributed by atoms with E-state index in [-0.39, 0.29) is 5.69 Å². The van der Waals surface area contributed by atoms with Crippen molar-refractivity contribution in [2.75, 3.05) is 24.7 Å². The molecule has 0 aliphatic rings. The van der Waals surface area contributed by atoms with Crippen LogP contribution in [0.25, 0.3) is 11.0 Å². The smallest absolute Gasteiger partial charge is 0.328 e. The van der Waals surface area contributed by atoms with Crippen LogP contribution in [0.1, 0.15) is 0 Å². The Balaban J connectivity index is 2.90. The quantitative estimate of drug-likeness (QED) is 0.713. The van der Waals surface area contributed by atoms with Crippen molar-refractivity contribution in [1.82, 2.24) is 9.13 Å². The maximum absolute atomic E-state index is 11.8. The van der Waals surface area contributed by atoms with Gasteiger partial charge in [0.05, 0.1) is 22.4 Å². The van der Waals surface area contributed by atoms with E-state index in [0.29, 0.717) is 5.69 Å². The third-order valence-corrected chi connectivity index (χ3v) is 2.90. The predicted molar refractivity (Wildman–Crippen MR) is 66.9 cm³/mol. The van der Waals surface area contributed by atoms with Crippen molar-refractivity contribution in [3.63, 3.8) is 0 Å². The highest BCUT2D eigenvalue weighted by atomic mass is 16.1. The summed E-state index contributed by atoms with van der Waals surface area (Å²) in [7, 11) is 7.37. The van der Waals surface area contributed by atoms with Crippen molar-refractivity contribution in [3.8, 4) is 0 Å². The van der Waals surface area contributed by atoms with Crippen LogP contribution in [0.4, 0.5) is 11.4 Å². The van der Waals surface area contributed by atoms with Crippen molar-refractivity contribution in [2.45, 2.75) is 0 Å². The maximum Gasteiger partial charge on any atom is 0.328 e. The lowest BCUT2D eigenvalue weighted by Gasteiger charge is -2.15. The van der Waals surface area contributed by atoms with E-state index in [2.05, 4.69) is 0 Å². The number of fused-ring (bicyclic) bond motifs is 1. The molecule has 0 amide bonds. The highest BCUT2D eigenvalue weighted by Gasteiger charge is 2.11. The van der Waals surface area contributed by atoms with Gasteiger partial charge in [-0.2, -0.15) is 0 Å². The zero-order valence-corrected chi connectivity index (χ0v) is 9.98. The van der Waals surface area contributed by atoms with Crippen LogP contribution < -0.4 is 16.3 Å². The second kappa shape index (κ2) is 3.30. The second-order valence-electron chi connectivity index (χ2n) is 4.19. The molecule has 16 heavy (non-hydrogen) atoms. The molecule has 1 heterocycles. The molecule has 0 radical (unpaired) electrons. The first-order chi connectivity index (χ1) is 7.43. The fourth-order valence-electron chi connectivity index (χ4n) is 1.94. The van der Waals surface area contributed by atoms with Gasteiger partial charge >= 0.3 is 5.69 Å². The number of imidazole rings is 1. The Bertz CT molecular complexity index is 606. The Morgan fingerprint density at radius 2 is 1.62 bits per heavy atom. The van der Waals surface area contributed by atoms with Crippen LogP contribution in [-0.2, 0) is 14.1 Å². The molecule has 0 saturated carbocycles. The van der Waals surface area contributed by atoms with Gasteiger partial charge in [0.25, 0.3) is 0 Å². The monoisotopic (exact) mass is 220 g/mol. The van der Waals surface area contributed by atoms with Gasteiger partial charge in [0, 0.05) is 28.2 Å². The molecule has 5 nitrogen and oxygen atoms in total. The molecule has 0 aliphatic heterocycles. The van der Waals surface area contributed by atoms with E-state index in [1.54, 1.807) is 23.2 Å². The van der Waals surface area contributed by atoms with Gasteiger partial charge in [0.15, 0.2) is 0 Å².